The number of carbonyl (C=O) groups is 1. The summed E-state index contributed by atoms with van der Waals surface area (Å²) in [4.78, 5) is 32.4. The smallest absolute Gasteiger partial charge is 0.324 e. The lowest BCUT2D eigenvalue weighted by atomic mass is 9.95. The largest absolute Gasteiger partial charge is 0.328 e. The first kappa shape index (κ1) is 17.3. The molecule has 20 heavy (non-hydrogen) atoms. The predicted octanol–water partition coefficient (Wildman–Crippen LogP) is 2.91. The van der Waals surface area contributed by atoms with Crippen LogP contribution in [-0.4, -0.2) is 21.0 Å². The molecule has 1 atom stereocenters. The Balaban J connectivity index is 0.000000444. The monoisotopic (exact) mass is 298 g/mol. The van der Waals surface area contributed by atoms with Gasteiger partial charge in [0.2, 0.25) is 0 Å². The fraction of sp³-hybridized carbons (Fsp3) is 0.533. The molecule has 5 heteroatoms. The van der Waals surface area contributed by atoms with Crippen molar-refractivity contribution >= 4 is 14.9 Å². The molecule has 3 N–H and O–H groups in total. The minimum atomic E-state index is -2.62. The van der Waals surface area contributed by atoms with E-state index in [0.717, 1.165) is 17.8 Å². The quantitative estimate of drug-likeness (QED) is 0.590. The van der Waals surface area contributed by atoms with Crippen LogP contribution in [0.5, 0.6) is 0 Å². The number of benzene rings is 1. The van der Waals surface area contributed by atoms with Crippen LogP contribution in [0.25, 0.3) is 0 Å². The molecular weight excluding hydrogens is 275 g/mol. The first-order chi connectivity index (χ1) is 9.52. The molecule has 1 unspecified atom stereocenters. The van der Waals surface area contributed by atoms with Crippen molar-refractivity contribution in [2.45, 2.75) is 44.9 Å². The summed E-state index contributed by atoms with van der Waals surface area (Å²) in [5, 5.41) is 0. The van der Waals surface area contributed by atoms with Gasteiger partial charge in [-0.25, -0.2) is 0 Å². The molecule has 0 radical (unpaired) electrons. The first-order valence-corrected chi connectivity index (χ1v) is 8.13. The van der Waals surface area contributed by atoms with E-state index in [1.165, 1.54) is 37.7 Å². The lowest BCUT2D eigenvalue weighted by molar-refractivity contribution is -0.108. The molecule has 2 rings (SSSR count). The van der Waals surface area contributed by atoms with E-state index in [1.54, 1.807) is 0 Å². The molecule has 0 spiro atoms. The molecule has 1 saturated carbocycles. The standard InChI is InChI=1S/C15H20O.H3O3P/c1-12(11-16)15-8-6-14(7-9-15)10-13-4-2-3-5-13;1-4(2)3/h6-9,11-13H,2-5,10H2,1H3;1-3H. The highest BCUT2D eigenvalue weighted by atomic mass is 31.2. The number of hydrogen-bond acceptors (Lipinski definition) is 4. The van der Waals surface area contributed by atoms with Crippen LogP contribution in [0.4, 0.5) is 0 Å². The minimum Gasteiger partial charge on any atom is -0.328 e. The maximum atomic E-state index is 10.7. The summed E-state index contributed by atoms with van der Waals surface area (Å²) in [7, 11) is -2.62. The Morgan fingerprint density at radius 2 is 1.70 bits per heavy atom. The van der Waals surface area contributed by atoms with E-state index in [1.807, 2.05) is 6.92 Å². The molecule has 0 aliphatic heterocycles. The highest BCUT2D eigenvalue weighted by Gasteiger charge is 2.15. The average Bonchev–Trinajstić information content (AvgIpc) is 2.91. The lowest BCUT2D eigenvalue weighted by Gasteiger charge is -2.10. The fourth-order valence-corrected chi connectivity index (χ4v) is 2.58. The van der Waals surface area contributed by atoms with Crippen LogP contribution in [0.2, 0.25) is 0 Å². The number of hydrogen-bond donors (Lipinski definition) is 3. The molecule has 1 aliphatic rings. The Bertz CT molecular complexity index is 383. The molecule has 1 aromatic carbocycles. The van der Waals surface area contributed by atoms with Crippen LogP contribution in [0, 0.1) is 5.92 Å². The molecular formula is C15H23O4P. The molecule has 1 aliphatic carbocycles. The second-order valence-corrected chi connectivity index (χ2v) is 5.83. The summed E-state index contributed by atoms with van der Waals surface area (Å²) in [5.41, 5.74) is 2.55. The zero-order chi connectivity index (χ0) is 15.0. The van der Waals surface area contributed by atoms with Crippen LogP contribution < -0.4 is 0 Å². The Morgan fingerprint density at radius 1 is 1.20 bits per heavy atom. The summed E-state index contributed by atoms with van der Waals surface area (Å²) in [6.07, 6.45) is 7.83. The summed E-state index contributed by atoms with van der Waals surface area (Å²) >= 11 is 0. The molecule has 0 aromatic heterocycles. The van der Waals surface area contributed by atoms with E-state index in [4.69, 9.17) is 14.7 Å². The molecule has 0 heterocycles. The van der Waals surface area contributed by atoms with Crippen LogP contribution in [-0.2, 0) is 11.2 Å². The van der Waals surface area contributed by atoms with Gasteiger partial charge >= 0.3 is 8.60 Å². The third-order valence-corrected chi connectivity index (χ3v) is 3.71. The van der Waals surface area contributed by atoms with E-state index < -0.39 is 8.60 Å². The fourth-order valence-electron chi connectivity index (χ4n) is 2.58. The van der Waals surface area contributed by atoms with Gasteiger partial charge in [0.15, 0.2) is 0 Å². The predicted molar refractivity (Wildman–Crippen MR) is 80.2 cm³/mol. The third-order valence-electron chi connectivity index (χ3n) is 3.71. The van der Waals surface area contributed by atoms with Crippen LogP contribution in [0.1, 0.15) is 49.7 Å². The van der Waals surface area contributed by atoms with Crippen molar-refractivity contribution in [3.8, 4) is 0 Å². The normalized spacial score (nSPS) is 16.6. The topological polar surface area (TPSA) is 77.8 Å². The van der Waals surface area contributed by atoms with E-state index in [2.05, 4.69) is 24.3 Å². The lowest BCUT2D eigenvalue weighted by Crippen LogP contribution is -1.99. The Hall–Kier alpha value is -0.800. The van der Waals surface area contributed by atoms with E-state index in [9.17, 15) is 4.79 Å². The SMILES string of the molecule is CC(C=O)c1ccc(CC2CCCC2)cc1.OP(O)O. The van der Waals surface area contributed by atoms with Crippen molar-refractivity contribution in [1.82, 2.24) is 0 Å². The van der Waals surface area contributed by atoms with E-state index >= 15 is 0 Å². The van der Waals surface area contributed by atoms with Crippen LogP contribution >= 0.6 is 8.60 Å². The minimum absolute atomic E-state index is 0.0283. The van der Waals surface area contributed by atoms with Crippen LogP contribution in [0.15, 0.2) is 24.3 Å². The van der Waals surface area contributed by atoms with Gasteiger partial charge in [0.1, 0.15) is 6.29 Å². The second kappa shape index (κ2) is 9.19. The maximum Gasteiger partial charge on any atom is 0.324 e. The zero-order valence-electron chi connectivity index (χ0n) is 11.8. The number of rotatable bonds is 4. The van der Waals surface area contributed by atoms with Gasteiger partial charge < -0.3 is 19.5 Å². The highest BCUT2D eigenvalue weighted by molar-refractivity contribution is 7.38. The van der Waals surface area contributed by atoms with Gasteiger partial charge in [-0.2, -0.15) is 0 Å². The van der Waals surface area contributed by atoms with Crippen LogP contribution in [0.3, 0.4) is 0 Å². The molecule has 1 fully saturated rings. The summed E-state index contributed by atoms with van der Waals surface area (Å²) in [6, 6.07) is 8.58. The molecule has 4 nitrogen and oxygen atoms in total. The van der Waals surface area contributed by atoms with Gasteiger partial charge in [0, 0.05) is 5.92 Å². The van der Waals surface area contributed by atoms with Crippen molar-refractivity contribution in [3.05, 3.63) is 35.4 Å². The van der Waals surface area contributed by atoms with Gasteiger partial charge in [-0.15, -0.1) is 0 Å². The average molecular weight is 298 g/mol. The highest BCUT2D eigenvalue weighted by Crippen LogP contribution is 2.28. The Kier molecular flexibility index (Phi) is 7.93. The summed E-state index contributed by atoms with van der Waals surface area (Å²) in [6.45, 7) is 1.94. The van der Waals surface area contributed by atoms with Crippen molar-refractivity contribution in [3.63, 3.8) is 0 Å². The van der Waals surface area contributed by atoms with Gasteiger partial charge in [-0.1, -0.05) is 56.9 Å². The number of carbonyl (C=O) groups excluding carboxylic acids is 1. The Morgan fingerprint density at radius 3 is 2.15 bits per heavy atom. The van der Waals surface area contributed by atoms with Gasteiger partial charge in [-0.05, 0) is 23.5 Å². The third kappa shape index (κ3) is 6.58. The number of aldehydes is 1. The second-order valence-electron chi connectivity index (χ2n) is 5.29. The van der Waals surface area contributed by atoms with Gasteiger partial charge in [0.05, 0.1) is 0 Å². The maximum absolute atomic E-state index is 10.7. The Labute approximate surface area is 121 Å². The molecule has 0 amide bonds. The molecule has 1 aromatic rings. The molecule has 0 bridgehead atoms. The van der Waals surface area contributed by atoms with E-state index in [-0.39, 0.29) is 5.92 Å². The molecule has 0 saturated heterocycles. The van der Waals surface area contributed by atoms with Gasteiger partial charge in [0.25, 0.3) is 0 Å². The van der Waals surface area contributed by atoms with Crippen molar-refractivity contribution < 1.29 is 19.5 Å². The first-order valence-electron chi connectivity index (χ1n) is 6.93. The van der Waals surface area contributed by atoms with E-state index in [0.29, 0.717) is 0 Å². The van der Waals surface area contributed by atoms with Gasteiger partial charge in [-0.3, -0.25) is 0 Å². The van der Waals surface area contributed by atoms with Crippen molar-refractivity contribution in [2.75, 3.05) is 0 Å². The van der Waals surface area contributed by atoms with Crippen molar-refractivity contribution in [1.29, 1.82) is 0 Å². The summed E-state index contributed by atoms with van der Waals surface area (Å²) < 4.78 is 0. The summed E-state index contributed by atoms with van der Waals surface area (Å²) in [5.74, 6) is 0.926. The van der Waals surface area contributed by atoms with Crippen molar-refractivity contribution in [2.24, 2.45) is 5.92 Å². The molecule has 112 valence electrons. The zero-order valence-corrected chi connectivity index (χ0v) is 12.7.